The molecule has 0 aliphatic carbocycles. The van der Waals surface area contributed by atoms with Gasteiger partial charge in [0.05, 0.1) is 0 Å². The van der Waals surface area contributed by atoms with Crippen molar-refractivity contribution in [1.82, 2.24) is 5.32 Å². The van der Waals surface area contributed by atoms with Crippen LogP contribution in [0, 0.1) is 13.8 Å². The van der Waals surface area contributed by atoms with Crippen LogP contribution in [0.25, 0.3) is 0 Å². The number of carbonyl (C=O) groups is 3. The largest absolute Gasteiger partial charge is 0.457 e. The van der Waals surface area contributed by atoms with E-state index in [1.165, 1.54) is 0 Å². The Hall–Kier alpha value is -4.13. The van der Waals surface area contributed by atoms with Crippen molar-refractivity contribution in [3.05, 3.63) is 89.5 Å². The van der Waals surface area contributed by atoms with E-state index in [4.69, 9.17) is 9.47 Å². The lowest BCUT2D eigenvalue weighted by Gasteiger charge is -2.09. The Morgan fingerprint density at radius 2 is 1.50 bits per heavy atom. The molecule has 0 radical (unpaired) electrons. The molecule has 0 saturated carbocycles. The summed E-state index contributed by atoms with van der Waals surface area (Å²) in [6.07, 6.45) is 0. The Morgan fingerprint density at radius 3 is 2.19 bits per heavy atom. The number of esters is 1. The third-order valence-electron chi connectivity index (χ3n) is 4.64. The van der Waals surface area contributed by atoms with Crippen LogP contribution >= 0.6 is 0 Å². The van der Waals surface area contributed by atoms with Crippen LogP contribution in [-0.2, 0) is 14.3 Å². The predicted octanol–water partition coefficient (Wildman–Crippen LogP) is 4.01. The van der Waals surface area contributed by atoms with E-state index in [2.05, 4.69) is 10.6 Å². The molecule has 2 N–H and O–H groups in total. The first-order valence-corrected chi connectivity index (χ1v) is 10.0. The van der Waals surface area contributed by atoms with E-state index in [-0.39, 0.29) is 12.5 Å². The van der Waals surface area contributed by atoms with Crippen LogP contribution in [0.15, 0.2) is 72.8 Å². The maximum absolute atomic E-state index is 12.1. The van der Waals surface area contributed by atoms with Gasteiger partial charge in [-0.3, -0.25) is 14.4 Å². The van der Waals surface area contributed by atoms with Gasteiger partial charge in [0.25, 0.3) is 11.8 Å². The summed E-state index contributed by atoms with van der Waals surface area (Å²) in [5.74, 6) is -0.243. The Morgan fingerprint density at radius 1 is 0.812 bits per heavy atom. The van der Waals surface area contributed by atoms with Gasteiger partial charge in [0.1, 0.15) is 18.0 Å². The van der Waals surface area contributed by atoms with Crippen LogP contribution in [0.2, 0.25) is 0 Å². The number of nitrogens with one attached hydrogen (secondary N) is 2. The molecular formula is C25H24N2O5. The number of ether oxygens (including phenoxy) is 2. The number of aryl methyl sites for hydroxylation is 2. The van der Waals surface area contributed by atoms with E-state index in [0.717, 1.165) is 11.1 Å². The normalized spacial score (nSPS) is 10.2. The molecule has 0 aliphatic rings. The average molecular weight is 432 g/mol. The Kier molecular flexibility index (Phi) is 7.59. The van der Waals surface area contributed by atoms with Crippen molar-refractivity contribution in [2.75, 3.05) is 18.5 Å². The minimum Gasteiger partial charge on any atom is -0.457 e. The fourth-order valence-electron chi connectivity index (χ4n) is 2.76. The summed E-state index contributed by atoms with van der Waals surface area (Å²) in [7, 11) is 0. The van der Waals surface area contributed by atoms with Crippen molar-refractivity contribution in [3.8, 4) is 11.5 Å². The van der Waals surface area contributed by atoms with Crippen molar-refractivity contribution in [2.45, 2.75) is 13.8 Å². The van der Waals surface area contributed by atoms with Gasteiger partial charge in [0.2, 0.25) is 0 Å². The lowest BCUT2D eigenvalue weighted by molar-refractivity contribution is -0.146. The molecule has 0 bridgehead atoms. The Balaban J connectivity index is 1.39. The SMILES string of the molecule is Cc1ccc(C(=O)NCC(=O)OCC(=O)Nc2ccc(Oc3ccccc3)cc2)cc1C. The van der Waals surface area contributed by atoms with E-state index in [1.807, 2.05) is 50.2 Å². The highest BCUT2D eigenvalue weighted by atomic mass is 16.5. The summed E-state index contributed by atoms with van der Waals surface area (Å²) < 4.78 is 10.6. The van der Waals surface area contributed by atoms with Gasteiger partial charge in [-0.05, 0) is 73.5 Å². The lowest BCUT2D eigenvalue weighted by atomic mass is 10.1. The highest BCUT2D eigenvalue weighted by Gasteiger charge is 2.12. The molecule has 3 rings (SSSR count). The summed E-state index contributed by atoms with van der Waals surface area (Å²) in [6.45, 7) is 3.07. The number of rotatable bonds is 8. The summed E-state index contributed by atoms with van der Waals surface area (Å²) in [5, 5.41) is 5.12. The van der Waals surface area contributed by atoms with Crippen molar-refractivity contribution in [1.29, 1.82) is 0 Å². The molecule has 0 heterocycles. The van der Waals surface area contributed by atoms with Crippen LogP contribution in [-0.4, -0.2) is 30.9 Å². The monoisotopic (exact) mass is 432 g/mol. The average Bonchev–Trinajstić information content (AvgIpc) is 2.80. The van der Waals surface area contributed by atoms with Gasteiger partial charge in [-0.1, -0.05) is 24.3 Å². The predicted molar refractivity (Wildman–Crippen MR) is 121 cm³/mol. The highest BCUT2D eigenvalue weighted by Crippen LogP contribution is 2.22. The molecule has 7 heteroatoms. The van der Waals surface area contributed by atoms with Gasteiger partial charge >= 0.3 is 5.97 Å². The number of hydrogen-bond donors (Lipinski definition) is 2. The van der Waals surface area contributed by atoms with Crippen LogP contribution in [0.4, 0.5) is 5.69 Å². The topological polar surface area (TPSA) is 93.7 Å². The summed E-state index contributed by atoms with van der Waals surface area (Å²) in [6, 6.07) is 21.4. The van der Waals surface area contributed by atoms with E-state index < -0.39 is 18.5 Å². The number of para-hydroxylation sites is 1. The zero-order valence-electron chi connectivity index (χ0n) is 17.9. The maximum atomic E-state index is 12.1. The second kappa shape index (κ2) is 10.8. The summed E-state index contributed by atoms with van der Waals surface area (Å²) in [5.41, 5.74) is 3.05. The molecule has 32 heavy (non-hydrogen) atoms. The first-order valence-electron chi connectivity index (χ1n) is 10.0. The molecule has 3 aromatic rings. The van der Waals surface area contributed by atoms with Crippen LogP contribution in [0.1, 0.15) is 21.5 Å². The third kappa shape index (κ3) is 6.70. The number of carbonyl (C=O) groups excluding carboxylic acids is 3. The first kappa shape index (κ1) is 22.6. The molecule has 0 aliphatic heterocycles. The van der Waals surface area contributed by atoms with E-state index in [1.54, 1.807) is 36.4 Å². The first-order chi connectivity index (χ1) is 15.4. The molecule has 0 atom stereocenters. The van der Waals surface area contributed by atoms with Gasteiger partial charge in [-0.25, -0.2) is 0 Å². The number of hydrogen-bond acceptors (Lipinski definition) is 5. The smallest absolute Gasteiger partial charge is 0.325 e. The van der Waals surface area contributed by atoms with Crippen molar-refractivity contribution in [3.63, 3.8) is 0 Å². The molecule has 7 nitrogen and oxygen atoms in total. The van der Waals surface area contributed by atoms with Gasteiger partial charge in [-0.2, -0.15) is 0 Å². The Labute approximate surface area is 186 Å². The Bertz CT molecular complexity index is 1100. The number of anilines is 1. The van der Waals surface area contributed by atoms with Gasteiger partial charge in [0, 0.05) is 11.3 Å². The maximum Gasteiger partial charge on any atom is 0.325 e. The van der Waals surface area contributed by atoms with Crippen molar-refractivity contribution >= 4 is 23.5 Å². The lowest BCUT2D eigenvalue weighted by Crippen LogP contribution is -2.32. The molecule has 0 saturated heterocycles. The molecule has 0 aromatic heterocycles. The molecule has 164 valence electrons. The summed E-state index contributed by atoms with van der Waals surface area (Å²) >= 11 is 0. The minimum absolute atomic E-state index is 0.329. The highest BCUT2D eigenvalue weighted by molar-refractivity contribution is 5.96. The molecule has 2 amide bonds. The van der Waals surface area contributed by atoms with Crippen LogP contribution in [0.3, 0.4) is 0 Å². The fraction of sp³-hybridized carbons (Fsp3) is 0.160. The summed E-state index contributed by atoms with van der Waals surface area (Å²) in [4.78, 5) is 36.0. The standard InChI is InChI=1S/C25H24N2O5/c1-17-8-9-19(14-18(17)2)25(30)26-15-24(29)31-16-23(28)27-20-10-12-22(13-11-20)32-21-6-4-3-5-7-21/h3-14H,15-16H2,1-2H3,(H,26,30)(H,27,28). The minimum atomic E-state index is -0.705. The van der Waals surface area contributed by atoms with E-state index in [0.29, 0.717) is 22.7 Å². The number of amides is 2. The van der Waals surface area contributed by atoms with Gasteiger partial charge in [-0.15, -0.1) is 0 Å². The van der Waals surface area contributed by atoms with E-state index >= 15 is 0 Å². The van der Waals surface area contributed by atoms with Crippen LogP contribution < -0.4 is 15.4 Å². The zero-order valence-corrected chi connectivity index (χ0v) is 17.9. The second-order valence-corrected chi connectivity index (χ2v) is 7.13. The quantitative estimate of drug-likeness (QED) is 0.525. The number of benzene rings is 3. The third-order valence-corrected chi connectivity index (χ3v) is 4.64. The second-order valence-electron chi connectivity index (χ2n) is 7.13. The zero-order chi connectivity index (χ0) is 22.9. The van der Waals surface area contributed by atoms with Crippen molar-refractivity contribution in [2.24, 2.45) is 0 Å². The fourth-order valence-corrected chi connectivity index (χ4v) is 2.76. The molecule has 0 unspecified atom stereocenters. The van der Waals surface area contributed by atoms with Gasteiger partial charge < -0.3 is 20.1 Å². The van der Waals surface area contributed by atoms with E-state index in [9.17, 15) is 14.4 Å². The molecule has 0 fully saturated rings. The molecular weight excluding hydrogens is 408 g/mol. The molecule has 0 spiro atoms. The van der Waals surface area contributed by atoms with Crippen LogP contribution in [0.5, 0.6) is 11.5 Å². The van der Waals surface area contributed by atoms with Crippen molar-refractivity contribution < 1.29 is 23.9 Å². The van der Waals surface area contributed by atoms with Gasteiger partial charge in [0.15, 0.2) is 6.61 Å². The molecule has 3 aromatic carbocycles.